The molecule has 0 aliphatic rings. The van der Waals surface area contributed by atoms with Crippen LogP contribution in [0, 0.1) is 12.7 Å². The third kappa shape index (κ3) is 4.93. The fourth-order valence-electron chi connectivity index (χ4n) is 2.74. The van der Waals surface area contributed by atoms with Crippen LogP contribution in [0.5, 0.6) is 0 Å². The van der Waals surface area contributed by atoms with E-state index in [9.17, 15) is 14.2 Å². The predicted molar refractivity (Wildman–Crippen MR) is 112 cm³/mol. The van der Waals surface area contributed by atoms with Gasteiger partial charge in [0.2, 0.25) is 5.95 Å². The van der Waals surface area contributed by atoms with Crippen molar-refractivity contribution in [3.05, 3.63) is 58.0 Å². The first-order valence-electron chi connectivity index (χ1n) is 8.63. The average molecular weight is 459 g/mol. The summed E-state index contributed by atoms with van der Waals surface area (Å²) in [6, 6.07) is 4.54. The summed E-state index contributed by atoms with van der Waals surface area (Å²) >= 11 is 2.97. The normalized spacial score (nSPS) is 10.7. The van der Waals surface area contributed by atoms with Crippen LogP contribution in [0.4, 0.5) is 16.0 Å². The lowest BCUT2D eigenvalue weighted by atomic mass is 9.89. The second kappa shape index (κ2) is 8.62. The summed E-state index contributed by atoms with van der Waals surface area (Å²) in [5.74, 6) is -0.765. The molecule has 29 heavy (non-hydrogen) atoms. The number of rotatable bonds is 6. The lowest BCUT2D eigenvalue weighted by Crippen LogP contribution is -2.21. The zero-order valence-corrected chi connectivity index (χ0v) is 17.2. The molecular weight excluding hydrogens is 442 g/mol. The monoisotopic (exact) mass is 458 g/mol. The second-order valence-corrected chi connectivity index (χ2v) is 7.12. The van der Waals surface area contributed by atoms with Gasteiger partial charge in [-0.05, 0) is 47.4 Å². The Morgan fingerprint density at radius 3 is 2.83 bits per heavy atom. The van der Waals surface area contributed by atoms with Gasteiger partial charge in [-0.25, -0.2) is 19.3 Å². The highest BCUT2D eigenvalue weighted by molar-refractivity contribution is 9.10. The number of pyridine rings is 2. The molecule has 0 aliphatic carbocycles. The average Bonchev–Trinajstić information content (AvgIpc) is 2.64. The molecule has 0 atom stereocenters. The summed E-state index contributed by atoms with van der Waals surface area (Å²) in [5, 5.41) is 12.3. The SMILES string of the molecule is CB(O)Nc1nc(C)cc(-c2ccncc2CC(=O)c2nc(Br)c(F)cc2N)n1. The van der Waals surface area contributed by atoms with E-state index in [0.717, 1.165) is 6.07 Å². The number of ketones is 1. The Labute approximate surface area is 175 Å². The van der Waals surface area contributed by atoms with Gasteiger partial charge < -0.3 is 16.0 Å². The molecule has 0 spiro atoms. The Hall–Kier alpha value is -2.92. The Kier molecular flexibility index (Phi) is 6.19. The fraction of sp³-hybridized carbons (Fsp3) is 0.167. The molecule has 3 rings (SSSR count). The number of nitrogen functional groups attached to an aromatic ring is 1. The first-order valence-corrected chi connectivity index (χ1v) is 9.42. The van der Waals surface area contributed by atoms with Crippen molar-refractivity contribution < 1.29 is 14.2 Å². The van der Waals surface area contributed by atoms with Crippen LogP contribution in [0.3, 0.4) is 0 Å². The zero-order chi connectivity index (χ0) is 21.1. The minimum absolute atomic E-state index is 0.0246. The number of aromatic nitrogens is 4. The topological polar surface area (TPSA) is 127 Å². The van der Waals surface area contributed by atoms with E-state index in [4.69, 9.17) is 5.73 Å². The van der Waals surface area contributed by atoms with E-state index < -0.39 is 12.9 Å². The van der Waals surface area contributed by atoms with Gasteiger partial charge in [0.25, 0.3) is 0 Å². The molecule has 11 heteroatoms. The van der Waals surface area contributed by atoms with Crippen LogP contribution in [0.15, 0.2) is 35.2 Å². The molecule has 8 nitrogen and oxygen atoms in total. The molecule has 0 saturated carbocycles. The van der Waals surface area contributed by atoms with Gasteiger partial charge in [-0.3, -0.25) is 9.78 Å². The molecule has 3 aromatic heterocycles. The van der Waals surface area contributed by atoms with Crippen LogP contribution < -0.4 is 11.0 Å². The van der Waals surface area contributed by atoms with E-state index in [1.807, 2.05) is 0 Å². The lowest BCUT2D eigenvalue weighted by Gasteiger charge is -2.12. The van der Waals surface area contributed by atoms with Crippen molar-refractivity contribution in [2.45, 2.75) is 20.2 Å². The van der Waals surface area contributed by atoms with E-state index >= 15 is 0 Å². The number of anilines is 2. The minimum atomic E-state index is -0.825. The lowest BCUT2D eigenvalue weighted by molar-refractivity contribution is 0.0989. The van der Waals surface area contributed by atoms with Gasteiger partial charge >= 0.3 is 7.05 Å². The maximum atomic E-state index is 13.6. The Balaban J connectivity index is 1.97. The van der Waals surface area contributed by atoms with Gasteiger partial charge in [-0.2, -0.15) is 0 Å². The number of nitrogens with one attached hydrogen (secondary N) is 1. The fourth-order valence-corrected chi connectivity index (χ4v) is 3.03. The summed E-state index contributed by atoms with van der Waals surface area (Å²) in [6.07, 6.45) is 3.09. The Morgan fingerprint density at radius 2 is 2.10 bits per heavy atom. The molecule has 148 valence electrons. The number of carbonyl (C=O) groups excluding carboxylic acids is 1. The summed E-state index contributed by atoms with van der Waals surface area (Å²) in [4.78, 5) is 29.4. The predicted octanol–water partition coefficient (Wildman–Crippen LogP) is 2.67. The first kappa shape index (κ1) is 20.8. The molecule has 0 amide bonds. The van der Waals surface area contributed by atoms with Crippen LogP contribution in [0.2, 0.25) is 6.82 Å². The van der Waals surface area contributed by atoms with Gasteiger partial charge in [-0.1, -0.05) is 0 Å². The zero-order valence-electron chi connectivity index (χ0n) is 15.6. The van der Waals surface area contributed by atoms with E-state index in [1.54, 1.807) is 38.3 Å². The number of Topliss-reactive ketones (excluding diaryl/α,β-unsaturated/α-hetero) is 1. The smallest absolute Gasteiger partial charge is 0.409 e. The van der Waals surface area contributed by atoms with Crippen LogP contribution in [0.1, 0.15) is 21.7 Å². The number of aryl methyl sites for hydroxylation is 1. The first-order chi connectivity index (χ1) is 13.7. The largest absolute Gasteiger partial charge is 0.433 e. The molecule has 0 fully saturated rings. The number of hydrogen-bond acceptors (Lipinski definition) is 8. The maximum absolute atomic E-state index is 13.6. The molecule has 4 N–H and O–H groups in total. The minimum Gasteiger partial charge on any atom is -0.433 e. The maximum Gasteiger partial charge on any atom is 0.409 e. The van der Waals surface area contributed by atoms with E-state index in [-0.39, 0.29) is 34.1 Å². The Morgan fingerprint density at radius 1 is 1.34 bits per heavy atom. The molecule has 3 aromatic rings. The van der Waals surface area contributed by atoms with Crippen molar-refractivity contribution in [2.75, 3.05) is 11.0 Å². The van der Waals surface area contributed by atoms with Gasteiger partial charge in [0, 0.05) is 36.1 Å². The highest BCUT2D eigenvalue weighted by atomic mass is 79.9. The van der Waals surface area contributed by atoms with Gasteiger partial charge in [0.05, 0.1) is 11.4 Å². The number of carbonyl (C=O) groups is 1. The molecule has 0 aliphatic heterocycles. The molecule has 0 radical (unpaired) electrons. The number of nitrogens with two attached hydrogens (primary N) is 1. The van der Waals surface area contributed by atoms with Gasteiger partial charge in [0.1, 0.15) is 10.3 Å². The van der Waals surface area contributed by atoms with Crippen molar-refractivity contribution in [2.24, 2.45) is 0 Å². The number of halogens is 2. The van der Waals surface area contributed by atoms with Gasteiger partial charge in [-0.15, -0.1) is 0 Å². The van der Waals surface area contributed by atoms with Crippen LogP contribution >= 0.6 is 15.9 Å². The molecule has 0 unspecified atom stereocenters. The Bertz CT molecular complexity index is 1080. The van der Waals surface area contributed by atoms with Crippen molar-refractivity contribution in [3.63, 3.8) is 0 Å². The highest BCUT2D eigenvalue weighted by Gasteiger charge is 2.19. The van der Waals surface area contributed by atoms with E-state index in [2.05, 4.69) is 41.1 Å². The third-order valence-electron chi connectivity index (χ3n) is 3.95. The number of hydrogen-bond donors (Lipinski definition) is 3. The molecular formula is C18H17BBrFN6O2. The van der Waals surface area contributed by atoms with E-state index in [0.29, 0.717) is 22.5 Å². The van der Waals surface area contributed by atoms with Crippen LogP contribution in [0.25, 0.3) is 11.3 Å². The molecule has 0 saturated heterocycles. The highest BCUT2D eigenvalue weighted by Crippen LogP contribution is 2.25. The quantitative estimate of drug-likeness (QED) is 0.292. The van der Waals surface area contributed by atoms with E-state index in [1.165, 1.54) is 0 Å². The summed E-state index contributed by atoms with van der Waals surface area (Å²) in [5.41, 5.74) is 8.22. The second-order valence-electron chi connectivity index (χ2n) is 6.37. The molecule has 0 aromatic carbocycles. The van der Waals surface area contributed by atoms with Crippen molar-refractivity contribution in [1.82, 2.24) is 19.9 Å². The molecule has 3 heterocycles. The van der Waals surface area contributed by atoms with Gasteiger partial charge in [0.15, 0.2) is 11.6 Å². The van der Waals surface area contributed by atoms with Crippen molar-refractivity contribution in [1.29, 1.82) is 0 Å². The summed E-state index contributed by atoms with van der Waals surface area (Å²) in [6.45, 7) is 3.35. The van der Waals surface area contributed by atoms with Crippen molar-refractivity contribution in [3.8, 4) is 11.3 Å². The van der Waals surface area contributed by atoms with Crippen molar-refractivity contribution >= 4 is 40.4 Å². The summed E-state index contributed by atoms with van der Waals surface area (Å²) in [7, 11) is -0.825. The molecule has 0 bridgehead atoms. The third-order valence-corrected chi connectivity index (χ3v) is 4.51. The van der Waals surface area contributed by atoms with Crippen LogP contribution in [-0.4, -0.2) is 37.8 Å². The standard InChI is InChI=1S/C18H17BBrFN6O2/c1-9-5-14(25-18(24-9)27-19(2)29)11-3-4-23-8-10(11)6-15(28)16-13(22)7-12(21)17(20)26-16/h3-5,7-8,29H,6,22H2,1-2H3,(H,24,25,27). The summed E-state index contributed by atoms with van der Waals surface area (Å²) < 4.78 is 13.5. The number of nitrogens with zero attached hydrogens (tertiary/aromatic N) is 4. The van der Waals surface area contributed by atoms with Crippen LogP contribution in [-0.2, 0) is 6.42 Å².